The van der Waals surface area contributed by atoms with Crippen LogP contribution in [0.2, 0.25) is 0 Å². The third kappa shape index (κ3) is 3.13. The van der Waals surface area contributed by atoms with E-state index in [0.29, 0.717) is 45.5 Å². The number of rotatable bonds is 3. The maximum absolute atomic E-state index is 13.1. The van der Waals surface area contributed by atoms with Crippen molar-refractivity contribution in [1.82, 2.24) is 4.98 Å². The number of pyridine rings is 1. The van der Waals surface area contributed by atoms with Crippen molar-refractivity contribution in [2.24, 2.45) is 9.98 Å². The van der Waals surface area contributed by atoms with Crippen LogP contribution in [0.15, 0.2) is 16.1 Å². The van der Waals surface area contributed by atoms with Crippen LogP contribution in [0.4, 0.5) is 18.9 Å². The van der Waals surface area contributed by atoms with Gasteiger partial charge < -0.3 is 10.1 Å². The van der Waals surface area contributed by atoms with E-state index in [4.69, 9.17) is 4.74 Å². The number of amides is 1. The van der Waals surface area contributed by atoms with Crippen LogP contribution in [0.3, 0.4) is 0 Å². The van der Waals surface area contributed by atoms with Gasteiger partial charge >= 0.3 is 6.18 Å². The fourth-order valence-corrected chi connectivity index (χ4v) is 5.19. The first-order chi connectivity index (χ1) is 12.8. The van der Waals surface area contributed by atoms with Crippen molar-refractivity contribution in [3.63, 3.8) is 0 Å². The maximum Gasteiger partial charge on any atom is 0.433 e. The molecule has 4 rings (SSSR count). The van der Waals surface area contributed by atoms with Crippen molar-refractivity contribution in [3.8, 4) is 0 Å². The first kappa shape index (κ1) is 18.4. The molecule has 0 saturated heterocycles. The van der Waals surface area contributed by atoms with Gasteiger partial charge in [-0.05, 0) is 18.6 Å². The first-order valence-corrected chi connectivity index (χ1v) is 9.60. The van der Waals surface area contributed by atoms with Crippen LogP contribution in [0.25, 0.3) is 10.2 Å². The van der Waals surface area contributed by atoms with Gasteiger partial charge in [-0.2, -0.15) is 13.2 Å². The highest BCUT2D eigenvalue weighted by Gasteiger charge is 2.41. The SMILES string of the molecule is COCCN=C1N=C2c3sc4nc(C(F)(F)F)cc(C)c4c3NC(=O)C2S1. The summed E-state index contributed by atoms with van der Waals surface area (Å²) < 4.78 is 44.2. The molecule has 27 heavy (non-hydrogen) atoms. The van der Waals surface area contributed by atoms with Gasteiger partial charge in [-0.25, -0.2) is 9.98 Å². The molecule has 0 radical (unpaired) electrons. The molecule has 4 heterocycles. The number of nitrogens with zero attached hydrogens (tertiary/aromatic N) is 3. The van der Waals surface area contributed by atoms with Gasteiger partial charge in [0.25, 0.3) is 0 Å². The zero-order chi connectivity index (χ0) is 19.3. The monoisotopic (exact) mass is 414 g/mol. The minimum absolute atomic E-state index is 0.228. The van der Waals surface area contributed by atoms with Crippen LogP contribution in [0.5, 0.6) is 0 Å². The van der Waals surface area contributed by atoms with Gasteiger partial charge in [-0.3, -0.25) is 9.79 Å². The van der Waals surface area contributed by atoms with Crippen molar-refractivity contribution in [2.45, 2.75) is 18.3 Å². The minimum atomic E-state index is -4.53. The van der Waals surface area contributed by atoms with Gasteiger partial charge in [0.2, 0.25) is 5.91 Å². The number of halogens is 3. The molecule has 0 bridgehead atoms. The zero-order valence-corrected chi connectivity index (χ0v) is 15.8. The average molecular weight is 414 g/mol. The van der Waals surface area contributed by atoms with E-state index in [1.54, 1.807) is 14.0 Å². The molecular formula is C16H13F3N4O2S2. The molecule has 2 aromatic rings. The first-order valence-electron chi connectivity index (χ1n) is 7.91. The number of amidine groups is 1. The van der Waals surface area contributed by atoms with Gasteiger partial charge in [-0.15, -0.1) is 11.3 Å². The second kappa shape index (κ2) is 6.57. The van der Waals surface area contributed by atoms with E-state index in [9.17, 15) is 18.0 Å². The number of aromatic nitrogens is 1. The van der Waals surface area contributed by atoms with Gasteiger partial charge in [-0.1, -0.05) is 11.8 Å². The smallest absolute Gasteiger partial charge is 0.383 e. The molecule has 2 aliphatic heterocycles. The van der Waals surface area contributed by atoms with Gasteiger partial charge in [0.05, 0.1) is 29.4 Å². The van der Waals surface area contributed by atoms with Crippen LogP contribution in [-0.4, -0.2) is 47.3 Å². The molecule has 2 aromatic heterocycles. The highest BCUT2D eigenvalue weighted by Crippen LogP contribution is 2.45. The molecular weight excluding hydrogens is 401 g/mol. The van der Waals surface area contributed by atoms with Crippen molar-refractivity contribution < 1.29 is 22.7 Å². The number of fused-ring (bicyclic) bond motifs is 5. The van der Waals surface area contributed by atoms with Crippen molar-refractivity contribution in [1.29, 1.82) is 0 Å². The van der Waals surface area contributed by atoms with E-state index in [1.807, 2.05) is 0 Å². The molecule has 142 valence electrons. The second-order valence-electron chi connectivity index (χ2n) is 5.95. The predicted molar refractivity (Wildman–Crippen MR) is 100 cm³/mol. The number of alkyl halides is 3. The summed E-state index contributed by atoms with van der Waals surface area (Å²) in [5.41, 5.74) is 0.459. The lowest BCUT2D eigenvalue weighted by atomic mass is 10.0. The van der Waals surface area contributed by atoms with Crippen LogP contribution in [0.1, 0.15) is 16.1 Å². The highest BCUT2D eigenvalue weighted by molar-refractivity contribution is 8.16. The lowest BCUT2D eigenvalue weighted by Crippen LogP contribution is -2.35. The van der Waals surface area contributed by atoms with E-state index in [1.165, 1.54) is 11.8 Å². The molecule has 1 amide bonds. The third-order valence-corrected chi connectivity index (χ3v) is 6.31. The zero-order valence-electron chi connectivity index (χ0n) is 14.2. The van der Waals surface area contributed by atoms with Gasteiger partial charge in [0.1, 0.15) is 15.8 Å². The van der Waals surface area contributed by atoms with E-state index >= 15 is 0 Å². The molecule has 0 aliphatic carbocycles. The number of hydrogen-bond donors (Lipinski definition) is 1. The standard InChI is InChI=1S/C16H13F3N4O2S2/c1-6-5-7(16(17,18)19)21-14-8(6)9-11(26-14)10-12(13(24)22-9)27-15(23-10)20-3-4-25-2/h5,12H,3-4H2,1-2H3,(H,22,24). The number of methoxy groups -OCH3 is 1. The largest absolute Gasteiger partial charge is 0.433 e. The summed E-state index contributed by atoms with van der Waals surface area (Å²) in [6, 6.07) is 0.996. The Morgan fingerprint density at radius 1 is 1.41 bits per heavy atom. The maximum atomic E-state index is 13.1. The minimum Gasteiger partial charge on any atom is -0.383 e. The summed E-state index contributed by atoms with van der Waals surface area (Å²) >= 11 is 2.33. The van der Waals surface area contributed by atoms with Gasteiger partial charge in [0.15, 0.2) is 5.17 Å². The van der Waals surface area contributed by atoms with Crippen LogP contribution in [-0.2, 0) is 15.7 Å². The Morgan fingerprint density at radius 2 is 2.19 bits per heavy atom. The number of ether oxygens (including phenoxy) is 1. The molecule has 11 heteroatoms. The van der Waals surface area contributed by atoms with Crippen molar-refractivity contribution in [3.05, 3.63) is 22.2 Å². The summed E-state index contributed by atoms with van der Waals surface area (Å²) in [5, 5.41) is 3.24. The molecule has 0 aromatic carbocycles. The number of nitrogens with one attached hydrogen (secondary N) is 1. The topological polar surface area (TPSA) is 75.9 Å². The number of thiophene rings is 1. The number of hydrogen-bond acceptors (Lipinski definition) is 6. The van der Waals surface area contributed by atoms with E-state index < -0.39 is 17.1 Å². The predicted octanol–water partition coefficient (Wildman–Crippen LogP) is 3.48. The number of aliphatic imine (C=N–C) groups is 2. The van der Waals surface area contributed by atoms with Crippen LogP contribution >= 0.6 is 23.1 Å². The number of aryl methyl sites for hydroxylation is 1. The Bertz CT molecular complexity index is 1010. The number of carbonyl (C=O) groups excluding carboxylic acids is 1. The third-order valence-electron chi connectivity index (χ3n) is 4.10. The number of anilines is 1. The molecule has 1 unspecified atom stereocenters. The fourth-order valence-electron chi connectivity index (χ4n) is 2.92. The molecule has 2 aliphatic rings. The Hall–Kier alpha value is -1.98. The summed E-state index contributed by atoms with van der Waals surface area (Å²) in [7, 11) is 1.56. The number of carbonyl (C=O) groups is 1. The fraction of sp³-hybridized carbons (Fsp3) is 0.375. The van der Waals surface area contributed by atoms with E-state index in [0.717, 1.165) is 17.4 Å². The van der Waals surface area contributed by atoms with Crippen molar-refractivity contribution >= 4 is 55.8 Å². The summed E-state index contributed by atoms with van der Waals surface area (Å²) in [6.07, 6.45) is -4.53. The summed E-state index contributed by atoms with van der Waals surface area (Å²) in [6.45, 7) is 2.43. The number of thioether (sulfide) groups is 1. The second-order valence-corrected chi connectivity index (χ2v) is 8.02. The van der Waals surface area contributed by atoms with E-state index in [2.05, 4.69) is 20.3 Å². The van der Waals surface area contributed by atoms with Gasteiger partial charge in [0, 0.05) is 12.5 Å². The summed E-state index contributed by atoms with van der Waals surface area (Å²) in [4.78, 5) is 25.9. The van der Waals surface area contributed by atoms with Crippen molar-refractivity contribution in [2.75, 3.05) is 25.6 Å². The molecule has 0 spiro atoms. The molecule has 0 fully saturated rings. The normalized spacial score (nSPS) is 20.6. The van der Waals surface area contributed by atoms with E-state index in [-0.39, 0.29) is 10.7 Å². The van der Waals surface area contributed by atoms with Crippen LogP contribution in [0, 0.1) is 6.92 Å². The lowest BCUT2D eigenvalue weighted by molar-refractivity contribution is -0.141. The Labute approximate surface area is 159 Å². The quantitative estimate of drug-likeness (QED) is 0.781. The molecule has 0 saturated carbocycles. The van der Waals surface area contributed by atoms with Crippen LogP contribution < -0.4 is 5.32 Å². The lowest BCUT2D eigenvalue weighted by Gasteiger charge is -2.19. The Kier molecular flexibility index (Phi) is 4.47. The Morgan fingerprint density at radius 3 is 2.89 bits per heavy atom. The highest BCUT2D eigenvalue weighted by atomic mass is 32.2. The summed E-state index contributed by atoms with van der Waals surface area (Å²) in [5.74, 6) is -0.262. The molecule has 1 N–H and O–H groups in total. The molecule has 1 atom stereocenters. The Balaban J connectivity index is 1.84. The molecule has 6 nitrogen and oxygen atoms in total. The average Bonchev–Trinajstić information content (AvgIpc) is 3.16.